The average molecular weight is 656 g/mol. The number of hydrogen-bond donors (Lipinski definition) is 0. The highest BCUT2D eigenvalue weighted by Gasteiger charge is 2.46. The van der Waals surface area contributed by atoms with Gasteiger partial charge in [0.2, 0.25) is 0 Å². The first-order valence-corrected chi connectivity index (χ1v) is 20.8. The van der Waals surface area contributed by atoms with E-state index in [9.17, 15) is 0 Å². The lowest BCUT2D eigenvalue weighted by atomic mass is 10.1. The van der Waals surface area contributed by atoms with E-state index in [0.717, 1.165) is 54.5 Å². The van der Waals surface area contributed by atoms with E-state index in [4.69, 9.17) is 19.4 Å². The lowest BCUT2D eigenvalue weighted by Crippen LogP contribution is -2.67. The van der Waals surface area contributed by atoms with Crippen molar-refractivity contribution in [1.29, 1.82) is 0 Å². The molecule has 6 aromatic carbocycles. The van der Waals surface area contributed by atoms with Crippen molar-refractivity contribution < 1.29 is 8.98 Å². The van der Waals surface area contributed by atoms with Gasteiger partial charge in [-0.05, 0) is 28.6 Å². The van der Waals surface area contributed by atoms with Gasteiger partial charge in [0.15, 0.2) is 24.6 Å². The van der Waals surface area contributed by atoms with Crippen molar-refractivity contribution in [2.24, 2.45) is 0 Å². The Morgan fingerprint density at radius 2 is 1.04 bits per heavy atom. The molecule has 0 amide bonds. The minimum absolute atomic E-state index is 0.545. The summed E-state index contributed by atoms with van der Waals surface area (Å²) in [4.78, 5) is 14.9. The van der Waals surface area contributed by atoms with Crippen LogP contribution in [0.1, 0.15) is 0 Å². The van der Waals surface area contributed by atoms with E-state index in [-0.39, 0.29) is 0 Å². The van der Waals surface area contributed by atoms with Crippen molar-refractivity contribution in [3.8, 4) is 34.2 Å². The standard InChI is InChI=1S/C41H30N3O2PSi/c1-48(2)37-23-22-29(41-43-39(27-14-6-3-7-15-27)42-40(44-41)28-16-8-4-9-17-28)24-35(37)47(45,30-18-10-5-11-19-30)36-26-34-32(25-38(36)48)31-20-12-13-21-33(31)46-34/h3-26H,1-2H3. The molecule has 9 rings (SSSR count). The smallest absolute Gasteiger partial charge is 0.170 e. The van der Waals surface area contributed by atoms with Gasteiger partial charge < -0.3 is 8.98 Å². The van der Waals surface area contributed by atoms with Crippen LogP contribution in [0.2, 0.25) is 13.1 Å². The van der Waals surface area contributed by atoms with Crippen LogP contribution in [-0.4, -0.2) is 23.0 Å². The zero-order valence-corrected chi connectivity index (χ0v) is 28.4. The van der Waals surface area contributed by atoms with Crippen molar-refractivity contribution in [1.82, 2.24) is 15.0 Å². The number of fused-ring (bicyclic) bond motifs is 5. The molecular formula is C41H30N3O2PSi. The number of benzene rings is 6. The maximum absolute atomic E-state index is 16.1. The Morgan fingerprint density at radius 1 is 0.500 bits per heavy atom. The predicted molar refractivity (Wildman–Crippen MR) is 200 cm³/mol. The van der Waals surface area contributed by atoms with Crippen LogP contribution in [-0.2, 0) is 4.57 Å². The van der Waals surface area contributed by atoms with Crippen LogP contribution in [0.15, 0.2) is 150 Å². The zero-order chi connectivity index (χ0) is 32.5. The van der Waals surface area contributed by atoms with Crippen LogP contribution in [0, 0.1) is 0 Å². The second-order valence-corrected chi connectivity index (χ2v) is 19.8. The maximum atomic E-state index is 16.1. The molecular weight excluding hydrogens is 626 g/mol. The molecule has 48 heavy (non-hydrogen) atoms. The largest absolute Gasteiger partial charge is 0.456 e. The number of rotatable bonds is 4. The van der Waals surface area contributed by atoms with Crippen molar-refractivity contribution in [2.45, 2.75) is 13.1 Å². The second-order valence-electron chi connectivity index (χ2n) is 12.8. The number of furan rings is 1. The summed E-state index contributed by atoms with van der Waals surface area (Å²) in [5, 5.41) is 7.02. The molecule has 0 radical (unpaired) electrons. The van der Waals surface area contributed by atoms with Crippen LogP contribution in [0.3, 0.4) is 0 Å². The van der Waals surface area contributed by atoms with Gasteiger partial charge in [0.05, 0.1) is 0 Å². The van der Waals surface area contributed by atoms with Gasteiger partial charge in [-0.3, -0.25) is 0 Å². The molecule has 8 aromatic rings. The van der Waals surface area contributed by atoms with Crippen LogP contribution >= 0.6 is 7.14 Å². The van der Waals surface area contributed by atoms with E-state index >= 15 is 4.57 Å². The summed E-state index contributed by atoms with van der Waals surface area (Å²) in [6.45, 7) is 4.72. The fourth-order valence-corrected chi connectivity index (χ4v) is 15.3. The topological polar surface area (TPSA) is 68.9 Å². The molecule has 0 N–H and O–H groups in total. The third kappa shape index (κ3) is 4.37. The fraction of sp³-hybridized carbons (Fsp3) is 0.0488. The summed E-state index contributed by atoms with van der Waals surface area (Å²) in [5.74, 6) is 1.73. The number of aromatic nitrogens is 3. The van der Waals surface area contributed by atoms with Gasteiger partial charge in [-0.15, -0.1) is 0 Å². The first-order valence-electron chi connectivity index (χ1n) is 16.1. The van der Waals surface area contributed by atoms with Gasteiger partial charge in [-0.1, -0.05) is 140 Å². The molecule has 0 fully saturated rings. The summed E-state index contributed by atoms with van der Waals surface area (Å²) >= 11 is 0. The zero-order valence-electron chi connectivity index (χ0n) is 26.5. The Hall–Kier alpha value is -5.42. The quantitative estimate of drug-likeness (QED) is 0.145. The maximum Gasteiger partial charge on any atom is 0.170 e. The van der Waals surface area contributed by atoms with Crippen LogP contribution in [0.4, 0.5) is 0 Å². The van der Waals surface area contributed by atoms with Gasteiger partial charge in [0.1, 0.15) is 19.2 Å². The Morgan fingerprint density at radius 3 is 1.69 bits per heavy atom. The molecule has 5 nitrogen and oxygen atoms in total. The summed E-state index contributed by atoms with van der Waals surface area (Å²) in [6, 6.07) is 48.7. The Balaban J connectivity index is 1.31. The first kappa shape index (κ1) is 28.8. The summed E-state index contributed by atoms with van der Waals surface area (Å²) in [5.41, 5.74) is 4.21. The van der Waals surface area contributed by atoms with E-state index in [1.54, 1.807) is 0 Å². The first-order chi connectivity index (χ1) is 23.4. The minimum atomic E-state index is -3.36. The van der Waals surface area contributed by atoms with E-state index in [0.29, 0.717) is 17.5 Å². The number of hydrogen-bond acceptors (Lipinski definition) is 5. The number of para-hydroxylation sites is 1. The molecule has 2 aromatic heterocycles. The highest BCUT2D eigenvalue weighted by Crippen LogP contribution is 2.46. The minimum Gasteiger partial charge on any atom is -0.456 e. The molecule has 1 aliphatic rings. The normalized spacial score (nSPS) is 16.5. The summed E-state index contributed by atoms with van der Waals surface area (Å²) in [6.07, 6.45) is 0. The SMILES string of the molecule is C[Si]1(C)c2ccc(-c3nc(-c4ccccc4)nc(-c4ccccc4)n3)cc2P(=O)(c2ccccc2)c2cc3oc4ccccc4c3cc21. The molecule has 0 spiro atoms. The third-order valence-corrected chi connectivity index (χ3v) is 16.7. The molecule has 7 heteroatoms. The second kappa shape index (κ2) is 10.8. The average Bonchev–Trinajstić information content (AvgIpc) is 3.52. The van der Waals surface area contributed by atoms with E-state index in [1.807, 2.05) is 109 Å². The van der Waals surface area contributed by atoms with Crippen molar-refractivity contribution >= 4 is 63.4 Å². The van der Waals surface area contributed by atoms with E-state index in [2.05, 4.69) is 49.5 Å². The molecule has 0 aliphatic carbocycles. The van der Waals surface area contributed by atoms with Crippen LogP contribution < -0.4 is 26.3 Å². The Bertz CT molecular complexity index is 2510. The highest BCUT2D eigenvalue weighted by molar-refractivity contribution is 7.87. The van der Waals surface area contributed by atoms with E-state index < -0.39 is 15.2 Å². The molecule has 1 unspecified atom stereocenters. The van der Waals surface area contributed by atoms with Crippen LogP contribution in [0.5, 0.6) is 0 Å². The van der Waals surface area contributed by atoms with E-state index in [1.165, 1.54) is 10.4 Å². The molecule has 0 saturated carbocycles. The van der Waals surface area contributed by atoms with Gasteiger partial charge >= 0.3 is 0 Å². The van der Waals surface area contributed by atoms with Crippen molar-refractivity contribution in [3.63, 3.8) is 0 Å². The van der Waals surface area contributed by atoms with Crippen molar-refractivity contribution in [2.75, 3.05) is 0 Å². The molecule has 0 bridgehead atoms. The molecule has 3 heterocycles. The molecule has 0 saturated heterocycles. The van der Waals surface area contributed by atoms with Gasteiger partial charge in [0, 0.05) is 43.4 Å². The molecule has 1 aliphatic heterocycles. The molecule has 1 atom stereocenters. The van der Waals surface area contributed by atoms with Gasteiger partial charge in [0.25, 0.3) is 0 Å². The highest BCUT2D eigenvalue weighted by atomic mass is 31.2. The van der Waals surface area contributed by atoms with Gasteiger partial charge in [-0.25, -0.2) is 15.0 Å². The summed E-state index contributed by atoms with van der Waals surface area (Å²) < 4.78 is 22.5. The third-order valence-electron chi connectivity index (χ3n) is 9.60. The summed E-state index contributed by atoms with van der Waals surface area (Å²) in [7, 11) is -5.71. The predicted octanol–water partition coefficient (Wildman–Crippen LogP) is 7.55. The van der Waals surface area contributed by atoms with Crippen molar-refractivity contribution in [3.05, 3.63) is 146 Å². The fourth-order valence-electron chi connectivity index (χ4n) is 7.11. The lowest BCUT2D eigenvalue weighted by molar-refractivity contribution is 0.592. The van der Waals surface area contributed by atoms with Crippen LogP contribution in [0.25, 0.3) is 56.1 Å². The number of nitrogens with zero attached hydrogens (tertiary/aromatic N) is 3. The Labute approximate surface area is 279 Å². The Kier molecular flexibility index (Phi) is 6.48. The van der Waals surface area contributed by atoms with Gasteiger partial charge in [-0.2, -0.15) is 0 Å². The lowest BCUT2D eigenvalue weighted by Gasteiger charge is -2.38. The monoisotopic (exact) mass is 655 g/mol. The molecule has 230 valence electrons.